The van der Waals surface area contributed by atoms with Gasteiger partial charge in [-0.3, -0.25) is 0 Å². The van der Waals surface area contributed by atoms with Crippen LogP contribution >= 0.6 is 22.7 Å². The Morgan fingerprint density at radius 1 is 0.238 bits per heavy atom. The minimum Gasteiger partial charge on any atom is -0.311 e. The number of nitrogens with zero attached hydrogens (tertiary/aromatic N) is 1. The molecule has 12 rings (SSSR count). The molecule has 10 aromatic carbocycles. The molecule has 0 radical (unpaired) electrons. The van der Waals surface area contributed by atoms with E-state index in [4.69, 9.17) is 0 Å². The highest BCUT2D eigenvalue weighted by molar-refractivity contribution is 7.27. The third-order valence-corrected chi connectivity index (χ3v) is 14.8. The van der Waals surface area contributed by atoms with Crippen molar-refractivity contribution >= 4 is 80.1 Å². The molecule has 0 saturated carbocycles. The summed E-state index contributed by atoms with van der Waals surface area (Å²) in [5.74, 6) is 0. The minimum atomic E-state index is 1.10. The molecule has 3 heteroatoms. The van der Waals surface area contributed by atoms with E-state index in [0.717, 1.165) is 17.1 Å². The highest BCUT2D eigenvalue weighted by Gasteiger charge is 2.17. The fourth-order valence-corrected chi connectivity index (χ4v) is 11.8. The van der Waals surface area contributed by atoms with E-state index >= 15 is 0 Å². The van der Waals surface area contributed by atoms with Gasteiger partial charge in [0.1, 0.15) is 0 Å². The van der Waals surface area contributed by atoms with Crippen LogP contribution in [0.4, 0.5) is 17.1 Å². The molecule has 0 N–H and O–H groups in total. The topological polar surface area (TPSA) is 3.24 Å². The summed E-state index contributed by atoms with van der Waals surface area (Å²) >= 11 is 3.78. The zero-order valence-electron chi connectivity index (χ0n) is 34.3. The van der Waals surface area contributed by atoms with Crippen molar-refractivity contribution in [1.82, 2.24) is 0 Å². The molecule has 0 amide bonds. The van der Waals surface area contributed by atoms with Crippen molar-refractivity contribution in [2.75, 3.05) is 4.90 Å². The van der Waals surface area contributed by atoms with Crippen LogP contribution in [0, 0.1) is 0 Å². The molecule has 0 unspecified atom stereocenters. The third-order valence-electron chi connectivity index (χ3n) is 12.3. The van der Waals surface area contributed by atoms with Crippen LogP contribution in [0.1, 0.15) is 0 Å². The summed E-state index contributed by atoms with van der Waals surface area (Å²) in [6.07, 6.45) is 0. The van der Waals surface area contributed by atoms with Crippen LogP contribution in [0.2, 0.25) is 0 Å². The summed E-state index contributed by atoms with van der Waals surface area (Å²) in [5.41, 5.74) is 15.6. The van der Waals surface area contributed by atoms with Gasteiger partial charge in [-0.25, -0.2) is 0 Å². The van der Waals surface area contributed by atoms with E-state index in [-0.39, 0.29) is 0 Å². The molecule has 2 heterocycles. The molecule has 0 bridgehead atoms. The van der Waals surface area contributed by atoms with Gasteiger partial charge in [0.05, 0.1) is 0 Å². The predicted octanol–water partition coefficient (Wildman–Crippen LogP) is 18.2. The Balaban J connectivity index is 0.904. The van der Waals surface area contributed by atoms with Crippen molar-refractivity contribution in [3.05, 3.63) is 237 Å². The summed E-state index contributed by atoms with van der Waals surface area (Å²) in [6.45, 7) is 0. The molecular weight excluding hydrogens is 799 g/mol. The smallest absolute Gasteiger partial charge is 0.0462 e. The molecule has 12 aromatic rings. The largest absolute Gasteiger partial charge is 0.311 e. The highest BCUT2D eigenvalue weighted by Crippen LogP contribution is 2.45. The molecule has 0 saturated heterocycles. The van der Waals surface area contributed by atoms with Crippen molar-refractivity contribution < 1.29 is 0 Å². The van der Waals surface area contributed by atoms with Crippen molar-refractivity contribution in [1.29, 1.82) is 0 Å². The van der Waals surface area contributed by atoms with E-state index in [1.165, 1.54) is 96.0 Å². The Labute approximate surface area is 375 Å². The van der Waals surface area contributed by atoms with E-state index < -0.39 is 0 Å². The standard InChI is InChI=1S/C60H39NS2/c1-3-13-40(14-4-1)41-27-33-47(34-28-41)61(49-37-31-44(32-38-49)51-21-10-23-54-53-19-7-8-26-57(53)62-58(51)54)48-35-29-42(30-36-48)45-17-9-18-46(39-45)52-22-12-25-56-55-24-11-20-50(59(55)63-60(52)56)43-15-5-2-6-16-43/h1-39H. The maximum atomic E-state index is 2.37. The Kier molecular flexibility index (Phi) is 9.29. The molecule has 0 spiro atoms. The summed E-state index contributed by atoms with van der Waals surface area (Å²) in [5, 5.41) is 5.26. The van der Waals surface area contributed by atoms with Crippen molar-refractivity contribution in [3.63, 3.8) is 0 Å². The number of fused-ring (bicyclic) bond motifs is 6. The number of rotatable bonds is 8. The van der Waals surface area contributed by atoms with E-state index in [0.29, 0.717) is 0 Å². The lowest BCUT2D eigenvalue weighted by atomic mass is 9.97. The van der Waals surface area contributed by atoms with Crippen LogP contribution in [-0.4, -0.2) is 0 Å². The number of anilines is 3. The van der Waals surface area contributed by atoms with Crippen LogP contribution in [-0.2, 0) is 0 Å². The zero-order chi connectivity index (χ0) is 41.7. The lowest BCUT2D eigenvalue weighted by Crippen LogP contribution is -2.09. The molecule has 1 nitrogen and oxygen atoms in total. The number of hydrogen-bond donors (Lipinski definition) is 0. The maximum Gasteiger partial charge on any atom is 0.0462 e. The van der Waals surface area contributed by atoms with Crippen molar-refractivity contribution in [2.45, 2.75) is 0 Å². The van der Waals surface area contributed by atoms with E-state index in [2.05, 4.69) is 241 Å². The highest BCUT2D eigenvalue weighted by atomic mass is 32.1. The maximum absolute atomic E-state index is 2.37. The first kappa shape index (κ1) is 37.2. The molecule has 0 atom stereocenters. The van der Waals surface area contributed by atoms with Crippen LogP contribution in [0.15, 0.2) is 237 Å². The van der Waals surface area contributed by atoms with Gasteiger partial charge < -0.3 is 4.90 Å². The first-order valence-corrected chi connectivity index (χ1v) is 23.0. The lowest BCUT2D eigenvalue weighted by molar-refractivity contribution is 1.28. The molecule has 0 aliphatic heterocycles. The van der Waals surface area contributed by atoms with Crippen LogP contribution in [0.3, 0.4) is 0 Å². The summed E-state index contributed by atoms with van der Waals surface area (Å²) < 4.78 is 5.31. The molecule has 2 aromatic heterocycles. The van der Waals surface area contributed by atoms with Crippen molar-refractivity contribution in [3.8, 4) is 55.6 Å². The molecule has 63 heavy (non-hydrogen) atoms. The van der Waals surface area contributed by atoms with Gasteiger partial charge in [0.2, 0.25) is 0 Å². The van der Waals surface area contributed by atoms with Crippen LogP contribution < -0.4 is 4.90 Å². The minimum absolute atomic E-state index is 1.10. The fourth-order valence-electron chi connectivity index (χ4n) is 9.21. The van der Waals surface area contributed by atoms with Gasteiger partial charge in [-0.2, -0.15) is 0 Å². The van der Waals surface area contributed by atoms with Gasteiger partial charge in [0.15, 0.2) is 0 Å². The Morgan fingerprint density at radius 2 is 0.603 bits per heavy atom. The van der Waals surface area contributed by atoms with Crippen LogP contribution in [0.5, 0.6) is 0 Å². The zero-order valence-corrected chi connectivity index (χ0v) is 35.9. The van der Waals surface area contributed by atoms with Gasteiger partial charge in [-0.15, -0.1) is 22.7 Å². The SMILES string of the molecule is c1ccc(-c2ccc(N(c3ccc(-c4cccc(-c5cccc6c5sc5c(-c7ccccc7)cccc56)c4)cc3)c3ccc(-c4cccc5c4sc4ccccc45)cc3)cc2)cc1. The fraction of sp³-hybridized carbons (Fsp3) is 0. The third kappa shape index (κ3) is 6.70. The number of benzene rings is 10. The van der Waals surface area contributed by atoms with E-state index in [9.17, 15) is 0 Å². The van der Waals surface area contributed by atoms with Crippen molar-refractivity contribution in [2.24, 2.45) is 0 Å². The second-order valence-electron chi connectivity index (χ2n) is 16.0. The molecule has 0 aliphatic carbocycles. The monoisotopic (exact) mass is 837 g/mol. The lowest BCUT2D eigenvalue weighted by Gasteiger charge is -2.26. The second-order valence-corrected chi connectivity index (χ2v) is 18.1. The van der Waals surface area contributed by atoms with E-state index in [1.54, 1.807) is 0 Å². The number of hydrogen-bond acceptors (Lipinski definition) is 3. The average molecular weight is 838 g/mol. The first-order valence-electron chi connectivity index (χ1n) is 21.4. The Bertz CT molecular complexity index is 3580. The summed E-state index contributed by atoms with van der Waals surface area (Å²) in [7, 11) is 0. The first-order chi connectivity index (χ1) is 31.2. The molecule has 296 valence electrons. The molecule has 0 aliphatic rings. The molecular formula is C60H39NS2. The predicted molar refractivity (Wildman–Crippen MR) is 274 cm³/mol. The quantitative estimate of drug-likeness (QED) is 0.147. The van der Waals surface area contributed by atoms with Gasteiger partial charge >= 0.3 is 0 Å². The summed E-state index contributed by atoms with van der Waals surface area (Å²) in [4.78, 5) is 2.37. The average Bonchev–Trinajstić information content (AvgIpc) is 3.94. The van der Waals surface area contributed by atoms with Gasteiger partial charge in [-0.1, -0.05) is 188 Å². The summed E-state index contributed by atoms with van der Waals surface area (Å²) in [6, 6.07) is 86.3. The Hall–Kier alpha value is -7.56. The normalized spacial score (nSPS) is 11.5. The van der Waals surface area contributed by atoms with Gasteiger partial charge in [0.25, 0.3) is 0 Å². The molecule has 0 fully saturated rings. The van der Waals surface area contributed by atoms with E-state index in [1.807, 2.05) is 22.7 Å². The van der Waals surface area contributed by atoms with Gasteiger partial charge in [0, 0.05) is 57.4 Å². The van der Waals surface area contributed by atoms with Gasteiger partial charge in [-0.05, 0) is 104 Å². The second kappa shape index (κ2) is 15.7. The van der Waals surface area contributed by atoms with Crippen LogP contribution in [0.25, 0.3) is 96.0 Å². The number of thiophene rings is 2. The Morgan fingerprint density at radius 3 is 1.19 bits per heavy atom.